The summed E-state index contributed by atoms with van der Waals surface area (Å²) in [5, 5.41) is 31.1. The number of nitrogens with one attached hydrogen (secondary N) is 1. The monoisotopic (exact) mass is 515 g/mol. The zero-order valence-corrected chi connectivity index (χ0v) is 21.0. The molecule has 0 saturated heterocycles. The van der Waals surface area contributed by atoms with Crippen molar-refractivity contribution in [2.75, 3.05) is 19.7 Å². The SMILES string of the molecule is CC(C)([C@@H](O)CO)S(=O)(=O)C1(CN2CCn3c(cnc3C(=O)NCc3ccc(C#N)cc3)C2=O)CC1. The van der Waals surface area contributed by atoms with Crippen LogP contribution in [0.4, 0.5) is 0 Å². The van der Waals surface area contributed by atoms with Gasteiger partial charge < -0.3 is 25.0 Å². The van der Waals surface area contributed by atoms with Crippen LogP contribution in [0.5, 0.6) is 0 Å². The van der Waals surface area contributed by atoms with Crippen molar-refractivity contribution >= 4 is 21.7 Å². The highest BCUT2D eigenvalue weighted by molar-refractivity contribution is 7.94. The highest BCUT2D eigenvalue weighted by Gasteiger charge is 2.62. The van der Waals surface area contributed by atoms with Gasteiger partial charge in [0.2, 0.25) is 0 Å². The van der Waals surface area contributed by atoms with Crippen molar-refractivity contribution < 1.29 is 28.2 Å². The van der Waals surface area contributed by atoms with Crippen molar-refractivity contribution in [3.63, 3.8) is 0 Å². The lowest BCUT2D eigenvalue weighted by Crippen LogP contribution is -2.55. The van der Waals surface area contributed by atoms with Gasteiger partial charge in [0.1, 0.15) is 5.69 Å². The third-order valence-corrected chi connectivity index (χ3v) is 10.6. The van der Waals surface area contributed by atoms with Gasteiger partial charge in [-0.25, -0.2) is 13.4 Å². The lowest BCUT2D eigenvalue weighted by molar-refractivity contribution is 0.0665. The van der Waals surface area contributed by atoms with E-state index in [-0.39, 0.29) is 37.7 Å². The summed E-state index contributed by atoms with van der Waals surface area (Å²) in [6.45, 7) is 2.78. The molecule has 12 heteroatoms. The first-order valence-electron chi connectivity index (χ1n) is 11.6. The molecule has 1 saturated carbocycles. The lowest BCUT2D eigenvalue weighted by Gasteiger charge is -2.37. The number of carbonyl (C=O) groups is 2. The zero-order valence-electron chi connectivity index (χ0n) is 20.1. The van der Waals surface area contributed by atoms with E-state index in [2.05, 4.69) is 10.3 Å². The Balaban J connectivity index is 1.46. The van der Waals surface area contributed by atoms with E-state index in [9.17, 15) is 28.2 Å². The number of hydrogen-bond donors (Lipinski definition) is 3. The minimum absolute atomic E-state index is 0.0266. The number of carbonyl (C=O) groups excluding carboxylic acids is 2. The molecule has 1 aromatic carbocycles. The van der Waals surface area contributed by atoms with Crippen molar-refractivity contribution in [2.24, 2.45) is 0 Å². The second-order valence-corrected chi connectivity index (χ2v) is 12.8. The predicted molar refractivity (Wildman–Crippen MR) is 129 cm³/mol. The predicted octanol–water partition coefficient (Wildman–Crippen LogP) is 0.220. The molecule has 4 rings (SSSR count). The van der Waals surface area contributed by atoms with Crippen molar-refractivity contribution in [3.05, 3.63) is 53.1 Å². The van der Waals surface area contributed by atoms with Crippen LogP contribution < -0.4 is 5.32 Å². The number of nitriles is 1. The van der Waals surface area contributed by atoms with Crippen molar-refractivity contribution in [3.8, 4) is 6.07 Å². The van der Waals surface area contributed by atoms with Gasteiger partial charge in [-0.15, -0.1) is 0 Å². The van der Waals surface area contributed by atoms with Crippen molar-refractivity contribution in [1.29, 1.82) is 5.26 Å². The third-order valence-electron chi connectivity index (χ3n) is 7.22. The largest absolute Gasteiger partial charge is 0.394 e. The first kappa shape index (κ1) is 25.8. The highest BCUT2D eigenvalue weighted by atomic mass is 32.2. The van der Waals surface area contributed by atoms with Crippen LogP contribution in [0.1, 0.15) is 58.9 Å². The first-order valence-corrected chi connectivity index (χ1v) is 13.1. The molecule has 192 valence electrons. The number of aliphatic hydroxyl groups is 2. The number of aliphatic hydroxyl groups excluding tert-OH is 2. The lowest BCUT2D eigenvalue weighted by atomic mass is 10.1. The summed E-state index contributed by atoms with van der Waals surface area (Å²) in [6, 6.07) is 8.83. The minimum atomic E-state index is -3.89. The summed E-state index contributed by atoms with van der Waals surface area (Å²) in [5.74, 6) is -0.776. The standard InChI is InChI=1S/C24H29N5O6S/c1-23(2,19(31)14-30)36(34,35)24(7-8-24)15-28-9-10-29-18(22(28)33)13-26-20(29)21(32)27-12-17-5-3-16(11-25)4-6-17/h3-6,13,19,30-31H,7-10,12,14-15H2,1-2H3,(H,27,32)/t19-/m0/s1. The number of aromatic nitrogens is 2. The number of hydrogen-bond acceptors (Lipinski definition) is 8. The van der Waals surface area contributed by atoms with Crippen LogP contribution >= 0.6 is 0 Å². The maximum atomic E-state index is 13.4. The fourth-order valence-electron chi connectivity index (χ4n) is 4.50. The topological polar surface area (TPSA) is 166 Å². The summed E-state index contributed by atoms with van der Waals surface area (Å²) in [6.07, 6.45) is 0.605. The van der Waals surface area contributed by atoms with Gasteiger partial charge in [0.25, 0.3) is 11.8 Å². The van der Waals surface area contributed by atoms with Gasteiger partial charge in [0.15, 0.2) is 15.7 Å². The van der Waals surface area contributed by atoms with Gasteiger partial charge in [0.05, 0.1) is 40.0 Å². The molecule has 0 bridgehead atoms. The minimum Gasteiger partial charge on any atom is -0.394 e. The average molecular weight is 516 g/mol. The summed E-state index contributed by atoms with van der Waals surface area (Å²) >= 11 is 0. The third kappa shape index (κ3) is 4.27. The highest BCUT2D eigenvalue weighted by Crippen LogP contribution is 2.49. The maximum Gasteiger partial charge on any atom is 0.287 e. The number of benzene rings is 1. The first-order chi connectivity index (χ1) is 17.0. The smallest absolute Gasteiger partial charge is 0.287 e. The van der Waals surface area contributed by atoms with Gasteiger partial charge in [-0.05, 0) is 44.4 Å². The number of fused-ring (bicyclic) bond motifs is 1. The van der Waals surface area contributed by atoms with E-state index in [0.717, 1.165) is 5.56 Å². The molecular formula is C24H29N5O6S. The number of rotatable bonds is 9. The molecule has 11 nitrogen and oxygen atoms in total. The summed E-state index contributed by atoms with van der Waals surface area (Å²) < 4.78 is 25.6. The number of imidazole rings is 1. The van der Waals surface area contributed by atoms with Gasteiger partial charge in [0, 0.05) is 26.2 Å². The molecule has 0 radical (unpaired) electrons. The van der Waals surface area contributed by atoms with Crippen LogP contribution in [0.25, 0.3) is 0 Å². The number of amides is 2. The van der Waals surface area contributed by atoms with E-state index in [1.165, 1.54) is 29.5 Å². The molecule has 1 fully saturated rings. The van der Waals surface area contributed by atoms with Crippen LogP contribution in [0.15, 0.2) is 30.5 Å². The summed E-state index contributed by atoms with van der Waals surface area (Å²) in [5.41, 5.74) is 1.53. The van der Waals surface area contributed by atoms with Gasteiger partial charge in [-0.2, -0.15) is 5.26 Å². The molecule has 36 heavy (non-hydrogen) atoms. The fraction of sp³-hybridized carbons (Fsp3) is 0.500. The van der Waals surface area contributed by atoms with Crippen LogP contribution in [0.2, 0.25) is 0 Å². The zero-order chi connectivity index (χ0) is 26.3. The average Bonchev–Trinajstić information content (AvgIpc) is 3.54. The summed E-state index contributed by atoms with van der Waals surface area (Å²) in [7, 11) is -3.89. The second-order valence-electron chi connectivity index (χ2n) is 9.83. The van der Waals surface area contributed by atoms with E-state index in [1.807, 2.05) is 6.07 Å². The molecule has 1 aliphatic carbocycles. The Hall–Kier alpha value is -3.27. The molecule has 2 amide bonds. The molecule has 2 aromatic rings. The molecule has 2 aliphatic rings. The Morgan fingerprint density at radius 1 is 1.28 bits per heavy atom. The molecule has 1 aromatic heterocycles. The molecular weight excluding hydrogens is 486 g/mol. The van der Waals surface area contributed by atoms with Crippen LogP contribution in [0.3, 0.4) is 0 Å². The Kier molecular flexibility index (Phi) is 6.68. The fourth-order valence-corrected chi connectivity index (χ4v) is 7.02. The molecule has 1 aliphatic heterocycles. The second kappa shape index (κ2) is 9.31. The van der Waals surface area contributed by atoms with E-state index >= 15 is 0 Å². The van der Waals surface area contributed by atoms with Crippen molar-refractivity contribution in [2.45, 2.75) is 55.4 Å². The van der Waals surface area contributed by atoms with Crippen molar-refractivity contribution in [1.82, 2.24) is 19.8 Å². The number of nitrogens with zero attached hydrogens (tertiary/aromatic N) is 4. The van der Waals surface area contributed by atoms with Gasteiger partial charge in [-0.1, -0.05) is 12.1 Å². The molecule has 1 atom stereocenters. The van der Waals surface area contributed by atoms with E-state index < -0.39 is 43.9 Å². The summed E-state index contributed by atoms with van der Waals surface area (Å²) in [4.78, 5) is 31.5. The quantitative estimate of drug-likeness (QED) is 0.427. The molecule has 3 N–H and O–H groups in total. The normalized spacial score (nSPS) is 17.8. The Morgan fingerprint density at radius 2 is 1.94 bits per heavy atom. The Bertz CT molecular complexity index is 1320. The Labute approximate surface area is 209 Å². The molecule has 2 heterocycles. The van der Waals surface area contributed by atoms with Gasteiger partial charge >= 0.3 is 0 Å². The molecule has 0 unspecified atom stereocenters. The van der Waals surface area contributed by atoms with E-state index in [4.69, 9.17) is 5.26 Å². The van der Waals surface area contributed by atoms with Crippen LogP contribution in [-0.2, 0) is 22.9 Å². The maximum absolute atomic E-state index is 13.4. The van der Waals surface area contributed by atoms with E-state index in [1.54, 1.807) is 24.3 Å². The Morgan fingerprint density at radius 3 is 2.53 bits per heavy atom. The van der Waals surface area contributed by atoms with Crippen LogP contribution in [0, 0.1) is 11.3 Å². The van der Waals surface area contributed by atoms with E-state index in [0.29, 0.717) is 18.4 Å². The van der Waals surface area contributed by atoms with Crippen LogP contribution in [-0.4, -0.2) is 80.2 Å². The molecule has 0 spiro atoms. The van der Waals surface area contributed by atoms with Gasteiger partial charge in [-0.3, -0.25) is 9.59 Å². The number of sulfone groups is 1.